The molecule has 3 heterocycles. The topological polar surface area (TPSA) is 93.6 Å². The van der Waals surface area contributed by atoms with Gasteiger partial charge in [-0.05, 0) is 55.5 Å². The van der Waals surface area contributed by atoms with Gasteiger partial charge in [-0.15, -0.1) is 0 Å². The number of aliphatic hydroxyl groups is 1. The number of methoxy groups -OCH3 is 1. The van der Waals surface area contributed by atoms with Crippen molar-refractivity contribution in [3.63, 3.8) is 0 Å². The van der Waals surface area contributed by atoms with Gasteiger partial charge in [0, 0.05) is 28.3 Å². The highest BCUT2D eigenvalue weighted by Crippen LogP contribution is 2.48. The zero-order valence-corrected chi connectivity index (χ0v) is 20.8. The molecule has 1 aliphatic heterocycles. The van der Waals surface area contributed by atoms with Gasteiger partial charge in [-0.3, -0.25) is 9.78 Å². The van der Waals surface area contributed by atoms with Gasteiger partial charge in [-0.25, -0.2) is 9.37 Å². The van der Waals surface area contributed by atoms with Gasteiger partial charge in [-0.2, -0.15) is 13.2 Å². The van der Waals surface area contributed by atoms with Crippen LogP contribution in [0, 0.1) is 5.82 Å². The second-order valence-electron chi connectivity index (χ2n) is 9.40. The fraction of sp³-hybridized carbons (Fsp3) is 0.250. The minimum atomic E-state index is -4.60. The highest BCUT2D eigenvalue weighted by Gasteiger charge is 2.47. The number of ether oxygens (including phenoxy) is 2. The molecule has 2 aromatic carbocycles. The predicted octanol–water partition coefficient (Wildman–Crippen LogP) is 5.12. The number of pyridine rings is 2. The second-order valence-corrected chi connectivity index (χ2v) is 9.40. The fourth-order valence-corrected chi connectivity index (χ4v) is 4.46. The number of nitrogens with one attached hydrogen (secondary N) is 1. The third kappa shape index (κ3) is 5.09. The molecule has 0 fully saturated rings. The molecule has 5 rings (SSSR count). The van der Waals surface area contributed by atoms with Crippen molar-refractivity contribution in [3.8, 4) is 22.8 Å². The van der Waals surface area contributed by atoms with E-state index in [-0.39, 0.29) is 34.8 Å². The summed E-state index contributed by atoms with van der Waals surface area (Å²) in [5, 5.41) is 14.6. The Balaban J connectivity index is 1.48. The van der Waals surface area contributed by atoms with Gasteiger partial charge in [0.25, 0.3) is 5.91 Å². The average Bonchev–Trinajstić information content (AvgIpc) is 3.36. The van der Waals surface area contributed by atoms with Gasteiger partial charge >= 0.3 is 6.18 Å². The molecule has 0 aliphatic carbocycles. The molecule has 202 valence electrons. The van der Waals surface area contributed by atoms with Crippen molar-refractivity contribution in [2.75, 3.05) is 20.3 Å². The largest absolute Gasteiger partial charge is 0.494 e. The Labute approximate surface area is 220 Å². The number of carbonyl (C=O) groups is 1. The van der Waals surface area contributed by atoms with Crippen LogP contribution in [-0.4, -0.2) is 47.4 Å². The Morgan fingerprint density at radius 1 is 1.18 bits per heavy atom. The molecule has 39 heavy (non-hydrogen) atoms. The molecule has 0 spiro atoms. The zero-order valence-electron chi connectivity index (χ0n) is 20.8. The molecule has 1 aliphatic rings. The van der Waals surface area contributed by atoms with Crippen LogP contribution in [0.2, 0.25) is 0 Å². The number of hydrogen-bond donors (Lipinski definition) is 2. The molecule has 11 heteroatoms. The maximum absolute atomic E-state index is 13.8. The normalized spacial score (nSPS) is 16.3. The summed E-state index contributed by atoms with van der Waals surface area (Å²) in [4.78, 5) is 21.7. The lowest BCUT2D eigenvalue weighted by Crippen LogP contribution is -2.39. The third-order valence-electron chi connectivity index (χ3n) is 6.58. The molecule has 4 aromatic rings. The van der Waals surface area contributed by atoms with Crippen molar-refractivity contribution in [2.45, 2.75) is 24.6 Å². The minimum Gasteiger partial charge on any atom is -0.494 e. The number of amides is 1. The Bertz CT molecular complexity index is 1560. The summed E-state index contributed by atoms with van der Waals surface area (Å²) >= 11 is 0. The number of benzene rings is 2. The van der Waals surface area contributed by atoms with E-state index in [1.165, 1.54) is 32.2 Å². The number of hydrogen-bond acceptors (Lipinski definition) is 6. The first-order valence-electron chi connectivity index (χ1n) is 11.9. The van der Waals surface area contributed by atoms with Gasteiger partial charge in [0.1, 0.15) is 46.7 Å². The molecule has 2 atom stereocenters. The SMILES string of the molecule is COc1cc(C(=O)NCC(C)(O)c2cc3c(c(-c4ccc(F)cc4)n2)OC[C@H]3C(F)(F)F)cc2cccnc12. The first kappa shape index (κ1) is 26.4. The van der Waals surface area contributed by atoms with E-state index in [9.17, 15) is 27.5 Å². The number of aromatic nitrogens is 2. The Morgan fingerprint density at radius 3 is 2.62 bits per heavy atom. The van der Waals surface area contributed by atoms with E-state index in [1.54, 1.807) is 24.4 Å². The van der Waals surface area contributed by atoms with Crippen LogP contribution < -0.4 is 14.8 Å². The smallest absolute Gasteiger partial charge is 0.399 e. The molecular formula is C28H23F4N3O4. The second kappa shape index (κ2) is 9.81. The van der Waals surface area contributed by atoms with E-state index in [4.69, 9.17) is 9.47 Å². The maximum Gasteiger partial charge on any atom is 0.399 e. The number of rotatable bonds is 6. The van der Waals surface area contributed by atoms with Crippen LogP contribution in [0.15, 0.2) is 60.8 Å². The van der Waals surface area contributed by atoms with Crippen LogP contribution in [0.25, 0.3) is 22.2 Å². The lowest BCUT2D eigenvalue weighted by molar-refractivity contribution is -0.151. The van der Waals surface area contributed by atoms with E-state index in [2.05, 4.69) is 15.3 Å². The summed E-state index contributed by atoms with van der Waals surface area (Å²) in [5.41, 5.74) is -1.02. The van der Waals surface area contributed by atoms with E-state index in [1.807, 2.05) is 0 Å². The molecule has 0 bridgehead atoms. The summed E-state index contributed by atoms with van der Waals surface area (Å²) < 4.78 is 65.6. The number of nitrogens with zero attached hydrogens (tertiary/aromatic N) is 2. The number of alkyl halides is 3. The van der Waals surface area contributed by atoms with Gasteiger partial charge < -0.3 is 19.9 Å². The van der Waals surface area contributed by atoms with E-state index >= 15 is 0 Å². The maximum atomic E-state index is 13.8. The summed E-state index contributed by atoms with van der Waals surface area (Å²) in [5.74, 6) is -2.71. The van der Waals surface area contributed by atoms with Crippen LogP contribution in [0.4, 0.5) is 17.6 Å². The van der Waals surface area contributed by atoms with Crippen LogP contribution in [-0.2, 0) is 5.60 Å². The van der Waals surface area contributed by atoms with E-state index in [0.717, 1.165) is 18.2 Å². The summed E-state index contributed by atoms with van der Waals surface area (Å²) in [6, 6.07) is 12.8. The molecule has 2 N–H and O–H groups in total. The van der Waals surface area contributed by atoms with Crippen molar-refractivity contribution in [1.82, 2.24) is 15.3 Å². The molecule has 0 saturated carbocycles. The monoisotopic (exact) mass is 541 g/mol. The van der Waals surface area contributed by atoms with Crippen LogP contribution in [0.3, 0.4) is 0 Å². The fourth-order valence-electron chi connectivity index (χ4n) is 4.46. The summed E-state index contributed by atoms with van der Waals surface area (Å²) in [6.07, 6.45) is -3.01. The first-order chi connectivity index (χ1) is 18.5. The van der Waals surface area contributed by atoms with Crippen molar-refractivity contribution < 1.29 is 36.9 Å². The minimum absolute atomic E-state index is 0.0348. The summed E-state index contributed by atoms with van der Waals surface area (Å²) in [6.45, 7) is 0.320. The van der Waals surface area contributed by atoms with Crippen LogP contribution >= 0.6 is 0 Å². The quantitative estimate of drug-likeness (QED) is 0.329. The van der Waals surface area contributed by atoms with Crippen molar-refractivity contribution in [2.24, 2.45) is 0 Å². The Kier molecular flexibility index (Phi) is 6.63. The van der Waals surface area contributed by atoms with Gasteiger partial charge in [0.05, 0.1) is 19.3 Å². The first-order valence-corrected chi connectivity index (χ1v) is 11.9. The standard InChI is InChI=1S/C28H23F4N3O4/c1-27(37,14-34-26(36)17-10-16-4-3-9-33-23(16)21(11-17)38-2)22-12-19-20(28(30,31)32)13-39-25(19)24(35-22)15-5-7-18(29)8-6-15/h3-12,20,37H,13-14H2,1-2H3,(H,34,36)/t20-,27?/m1/s1. The molecule has 2 aromatic heterocycles. The van der Waals surface area contributed by atoms with E-state index < -0.39 is 36.0 Å². The molecule has 1 unspecified atom stereocenters. The van der Waals surface area contributed by atoms with Crippen molar-refractivity contribution in [3.05, 3.63) is 83.4 Å². The number of halogens is 4. The average molecular weight is 542 g/mol. The van der Waals surface area contributed by atoms with Crippen molar-refractivity contribution >= 4 is 16.8 Å². The number of fused-ring (bicyclic) bond motifs is 2. The lowest BCUT2D eigenvalue weighted by Gasteiger charge is -2.25. The molecule has 1 amide bonds. The highest BCUT2D eigenvalue weighted by atomic mass is 19.4. The Hall–Kier alpha value is -4.25. The lowest BCUT2D eigenvalue weighted by atomic mass is 9.93. The highest BCUT2D eigenvalue weighted by molar-refractivity contribution is 5.99. The van der Waals surface area contributed by atoms with Gasteiger partial charge in [-0.1, -0.05) is 6.07 Å². The molecule has 7 nitrogen and oxygen atoms in total. The predicted molar refractivity (Wildman–Crippen MR) is 134 cm³/mol. The third-order valence-corrected chi connectivity index (χ3v) is 6.58. The molecule has 0 radical (unpaired) electrons. The van der Waals surface area contributed by atoms with E-state index in [0.29, 0.717) is 22.2 Å². The summed E-state index contributed by atoms with van der Waals surface area (Å²) in [7, 11) is 1.45. The zero-order chi connectivity index (χ0) is 27.9. The van der Waals surface area contributed by atoms with Gasteiger partial charge in [0.2, 0.25) is 0 Å². The van der Waals surface area contributed by atoms with Crippen LogP contribution in [0.1, 0.15) is 34.5 Å². The van der Waals surface area contributed by atoms with Gasteiger partial charge in [0.15, 0.2) is 0 Å². The Morgan fingerprint density at radius 2 is 1.92 bits per heavy atom. The molecular weight excluding hydrogens is 518 g/mol. The van der Waals surface area contributed by atoms with Crippen LogP contribution in [0.5, 0.6) is 11.5 Å². The van der Waals surface area contributed by atoms with Crippen molar-refractivity contribution in [1.29, 1.82) is 0 Å². The molecule has 0 saturated heterocycles. The number of carbonyl (C=O) groups excluding carboxylic acids is 1.